The Morgan fingerprint density at radius 2 is 1.73 bits per heavy atom. The summed E-state index contributed by atoms with van der Waals surface area (Å²) in [6.45, 7) is 11.0. The highest BCUT2D eigenvalue weighted by Crippen LogP contribution is 2.27. The quantitative estimate of drug-likeness (QED) is 0.432. The summed E-state index contributed by atoms with van der Waals surface area (Å²) in [5.74, 6) is -0.323. The normalized spacial score (nSPS) is 19.3. The predicted molar refractivity (Wildman–Crippen MR) is 144 cm³/mol. The molecule has 3 aromatic rings. The topological polar surface area (TPSA) is 98.0 Å². The summed E-state index contributed by atoms with van der Waals surface area (Å²) in [6, 6.07) is 9.94. The van der Waals surface area contributed by atoms with Crippen LogP contribution in [0.3, 0.4) is 0 Å². The van der Waals surface area contributed by atoms with E-state index in [4.69, 9.17) is 4.74 Å². The Morgan fingerprint density at radius 3 is 2.35 bits per heavy atom. The number of rotatable bonds is 6. The molecule has 0 N–H and O–H groups in total. The summed E-state index contributed by atoms with van der Waals surface area (Å²) in [5, 5.41) is 0. The molecule has 1 aromatic heterocycles. The number of aryl methyl sites for hydroxylation is 2. The predicted octanol–water partition coefficient (Wildman–Crippen LogP) is 4.29. The van der Waals surface area contributed by atoms with Crippen molar-refractivity contribution >= 4 is 43.5 Å². The van der Waals surface area contributed by atoms with Gasteiger partial charge in [-0.3, -0.25) is 9.59 Å². The second-order valence-electron chi connectivity index (χ2n) is 9.91. The van der Waals surface area contributed by atoms with Gasteiger partial charge in [0.1, 0.15) is 6.54 Å². The van der Waals surface area contributed by atoms with Crippen LogP contribution in [-0.4, -0.2) is 48.9 Å². The van der Waals surface area contributed by atoms with E-state index in [0.717, 1.165) is 27.8 Å². The Hall–Kier alpha value is -2.82. The maximum absolute atomic E-state index is 13.2. The van der Waals surface area contributed by atoms with Crippen LogP contribution in [0.5, 0.6) is 0 Å². The molecule has 1 saturated heterocycles. The molecule has 0 bridgehead atoms. The third-order valence-corrected chi connectivity index (χ3v) is 9.35. The van der Waals surface area contributed by atoms with E-state index in [1.165, 1.54) is 39.9 Å². The average Bonchev–Trinajstić information content (AvgIpc) is 3.15. The van der Waals surface area contributed by atoms with Crippen LogP contribution in [0.1, 0.15) is 48.7 Å². The molecule has 2 aromatic carbocycles. The van der Waals surface area contributed by atoms with Crippen molar-refractivity contribution in [3.8, 4) is 0 Å². The fourth-order valence-electron chi connectivity index (χ4n) is 5.03. The highest BCUT2D eigenvalue weighted by molar-refractivity contribution is 7.89. The zero-order valence-electron chi connectivity index (χ0n) is 21.9. The van der Waals surface area contributed by atoms with Crippen LogP contribution in [0.2, 0.25) is 0 Å². The first-order valence-electron chi connectivity index (χ1n) is 12.4. The number of aromatic nitrogens is 1. The summed E-state index contributed by atoms with van der Waals surface area (Å²) in [6.07, 6.45) is 1.01. The van der Waals surface area contributed by atoms with Gasteiger partial charge in [0, 0.05) is 18.7 Å². The Kier molecular flexibility index (Phi) is 8.01. The molecule has 8 nitrogen and oxygen atoms in total. The van der Waals surface area contributed by atoms with E-state index in [0.29, 0.717) is 29.7 Å². The number of ether oxygens (including phenoxy) is 1. The first-order chi connectivity index (χ1) is 17.5. The maximum Gasteiger partial charge on any atom is 0.326 e. The van der Waals surface area contributed by atoms with Crippen LogP contribution in [0.25, 0.3) is 10.2 Å². The van der Waals surface area contributed by atoms with Crippen molar-refractivity contribution in [3.63, 3.8) is 0 Å². The van der Waals surface area contributed by atoms with E-state index >= 15 is 0 Å². The van der Waals surface area contributed by atoms with Crippen molar-refractivity contribution in [2.24, 2.45) is 16.8 Å². The summed E-state index contributed by atoms with van der Waals surface area (Å²) < 4.78 is 35.7. The lowest BCUT2D eigenvalue weighted by Crippen LogP contribution is -2.42. The average molecular weight is 544 g/mol. The first-order valence-corrected chi connectivity index (χ1v) is 14.7. The molecular weight excluding hydrogens is 510 g/mol. The van der Waals surface area contributed by atoms with Crippen LogP contribution in [0.4, 0.5) is 0 Å². The minimum absolute atomic E-state index is 0.0618. The highest BCUT2D eigenvalue weighted by Gasteiger charge is 2.31. The number of piperidine rings is 1. The maximum atomic E-state index is 13.2. The zero-order valence-corrected chi connectivity index (χ0v) is 23.5. The summed E-state index contributed by atoms with van der Waals surface area (Å²) in [4.78, 5) is 30.3. The molecule has 1 amide bonds. The molecule has 4 rings (SSSR count). The molecule has 0 radical (unpaired) electrons. The van der Waals surface area contributed by atoms with E-state index in [1.54, 1.807) is 11.5 Å². The minimum Gasteiger partial charge on any atom is -0.465 e. The van der Waals surface area contributed by atoms with Gasteiger partial charge in [-0.15, -0.1) is 0 Å². The van der Waals surface area contributed by atoms with E-state index in [9.17, 15) is 18.0 Å². The van der Waals surface area contributed by atoms with Gasteiger partial charge in [-0.05, 0) is 80.5 Å². The van der Waals surface area contributed by atoms with Crippen molar-refractivity contribution in [1.82, 2.24) is 8.87 Å². The molecule has 0 aliphatic carbocycles. The van der Waals surface area contributed by atoms with Gasteiger partial charge in [-0.2, -0.15) is 9.30 Å². The van der Waals surface area contributed by atoms with Gasteiger partial charge in [0.25, 0.3) is 5.91 Å². The van der Waals surface area contributed by atoms with Crippen molar-refractivity contribution in [1.29, 1.82) is 0 Å². The van der Waals surface area contributed by atoms with Crippen LogP contribution in [0.15, 0.2) is 46.3 Å². The molecule has 2 atom stereocenters. The van der Waals surface area contributed by atoms with E-state index < -0.39 is 21.9 Å². The van der Waals surface area contributed by atoms with Gasteiger partial charge in [0.2, 0.25) is 10.0 Å². The van der Waals surface area contributed by atoms with E-state index in [1.807, 2.05) is 26.0 Å². The molecule has 1 fully saturated rings. The Morgan fingerprint density at radius 1 is 1.08 bits per heavy atom. The fourth-order valence-corrected chi connectivity index (χ4v) is 7.91. The van der Waals surface area contributed by atoms with Crippen molar-refractivity contribution < 1.29 is 22.7 Å². The summed E-state index contributed by atoms with van der Waals surface area (Å²) >= 11 is 1.33. The number of sulfonamides is 1. The van der Waals surface area contributed by atoms with Crippen LogP contribution < -0.4 is 4.80 Å². The standard InChI is InChI=1S/C27H33N3O5S2/c1-6-35-24(31)16-30-25-20(5)12-17(2)13-23(25)36-27(30)28-26(32)21-7-9-22(10-8-21)37(33,34)29-14-18(3)11-19(4)15-29/h7-10,12-13,18-19H,6,11,14-16H2,1-5H3. The van der Waals surface area contributed by atoms with Crippen molar-refractivity contribution in [2.45, 2.75) is 52.5 Å². The Balaban J connectivity index is 1.67. The summed E-state index contributed by atoms with van der Waals surface area (Å²) in [7, 11) is -3.64. The molecule has 0 spiro atoms. The molecule has 10 heteroatoms. The molecule has 1 aliphatic heterocycles. The van der Waals surface area contributed by atoms with Gasteiger partial charge >= 0.3 is 5.97 Å². The molecule has 0 saturated carbocycles. The number of thiazole rings is 1. The molecular formula is C27H33N3O5S2. The minimum atomic E-state index is -3.64. The van der Waals surface area contributed by atoms with Crippen LogP contribution in [0, 0.1) is 25.7 Å². The van der Waals surface area contributed by atoms with Crippen LogP contribution >= 0.6 is 11.3 Å². The number of fused-ring (bicyclic) bond motifs is 1. The SMILES string of the molecule is CCOC(=O)Cn1c(=NC(=O)c2ccc(S(=O)(=O)N3CC(C)CC(C)C3)cc2)sc2cc(C)cc(C)c21. The van der Waals surface area contributed by atoms with Gasteiger partial charge in [-0.1, -0.05) is 31.3 Å². The molecule has 2 heterocycles. The molecule has 1 aliphatic rings. The number of benzene rings is 2. The van der Waals surface area contributed by atoms with Crippen molar-refractivity contribution in [2.75, 3.05) is 19.7 Å². The first kappa shape index (κ1) is 27.2. The van der Waals surface area contributed by atoms with Crippen molar-refractivity contribution in [3.05, 3.63) is 57.9 Å². The molecule has 2 unspecified atom stereocenters. The number of hydrogen-bond acceptors (Lipinski definition) is 6. The number of esters is 1. The second-order valence-corrected chi connectivity index (χ2v) is 12.9. The molecule has 37 heavy (non-hydrogen) atoms. The smallest absolute Gasteiger partial charge is 0.326 e. The lowest BCUT2D eigenvalue weighted by atomic mass is 9.94. The fraction of sp³-hybridized carbons (Fsp3) is 0.444. The Labute approximate surface area is 221 Å². The largest absolute Gasteiger partial charge is 0.465 e. The van der Waals surface area contributed by atoms with Gasteiger partial charge in [0.15, 0.2) is 4.80 Å². The highest BCUT2D eigenvalue weighted by atomic mass is 32.2. The second kappa shape index (κ2) is 10.9. The number of amides is 1. The van der Waals surface area contributed by atoms with Gasteiger partial charge in [0.05, 0.1) is 21.7 Å². The number of carbonyl (C=O) groups is 2. The number of nitrogens with zero attached hydrogens (tertiary/aromatic N) is 3. The van der Waals surface area contributed by atoms with Crippen LogP contribution in [-0.2, 0) is 26.1 Å². The van der Waals surface area contributed by atoms with Gasteiger partial charge < -0.3 is 9.30 Å². The van der Waals surface area contributed by atoms with E-state index in [2.05, 4.69) is 18.8 Å². The molecule has 198 valence electrons. The Bertz CT molecular complexity index is 1490. The third kappa shape index (κ3) is 5.86. The number of carbonyl (C=O) groups excluding carboxylic acids is 2. The monoisotopic (exact) mass is 543 g/mol. The van der Waals surface area contributed by atoms with E-state index in [-0.39, 0.29) is 23.6 Å². The van der Waals surface area contributed by atoms with Gasteiger partial charge in [-0.25, -0.2) is 8.42 Å². The lowest BCUT2D eigenvalue weighted by Gasteiger charge is -2.34. The zero-order chi connectivity index (χ0) is 26.9. The number of hydrogen-bond donors (Lipinski definition) is 0. The summed E-state index contributed by atoms with van der Waals surface area (Å²) in [5.41, 5.74) is 3.15. The third-order valence-electron chi connectivity index (χ3n) is 6.48. The lowest BCUT2D eigenvalue weighted by molar-refractivity contribution is -0.143.